The lowest BCUT2D eigenvalue weighted by molar-refractivity contribution is 0.0382. The molecule has 2 aromatic carbocycles. The van der Waals surface area contributed by atoms with Gasteiger partial charge in [0.25, 0.3) is 0 Å². The molecule has 0 spiro atoms. The molecular formula is C26H29Cl2NO. The summed E-state index contributed by atoms with van der Waals surface area (Å²) in [6.45, 7) is 9.25. The van der Waals surface area contributed by atoms with Gasteiger partial charge in [0.2, 0.25) is 0 Å². The molecule has 2 aliphatic rings. The Morgan fingerprint density at radius 2 is 1.87 bits per heavy atom. The van der Waals surface area contributed by atoms with Crippen LogP contribution >= 0.6 is 23.2 Å². The highest BCUT2D eigenvalue weighted by Crippen LogP contribution is 2.49. The molecule has 0 amide bonds. The van der Waals surface area contributed by atoms with Gasteiger partial charge in [-0.15, -0.1) is 6.58 Å². The molecule has 0 saturated heterocycles. The van der Waals surface area contributed by atoms with Crippen molar-refractivity contribution in [2.45, 2.75) is 44.7 Å². The van der Waals surface area contributed by atoms with Gasteiger partial charge in [0.15, 0.2) is 0 Å². The van der Waals surface area contributed by atoms with E-state index in [2.05, 4.69) is 61.9 Å². The fraction of sp³-hybridized carbons (Fsp3) is 0.385. The number of benzene rings is 2. The first-order chi connectivity index (χ1) is 14.5. The van der Waals surface area contributed by atoms with Crippen molar-refractivity contribution in [3.05, 3.63) is 94.3 Å². The molecule has 3 unspecified atom stereocenters. The lowest BCUT2D eigenvalue weighted by Crippen LogP contribution is -2.44. The average Bonchev–Trinajstić information content (AvgIpc) is 2.84. The van der Waals surface area contributed by atoms with Gasteiger partial charge in [0, 0.05) is 28.1 Å². The van der Waals surface area contributed by atoms with Gasteiger partial charge in [-0.25, -0.2) is 0 Å². The molecule has 158 valence electrons. The standard InChI is InChI=1S/C26H29Cl2NO/c1-4-6-20-14-23(19-7-5-8-22(28)13-19)26(18-9-11-21(27)12-10-18)29-15-25(20)30-16-24(29)17(2)3/h4-5,7-13,15,17,20,23-24,26H,1,6,14,16H2,2-3H3/t20?,23-,24?,26?/m1/s1. The third kappa shape index (κ3) is 4.26. The van der Waals surface area contributed by atoms with Crippen LogP contribution in [0.15, 0.2) is 73.1 Å². The highest BCUT2D eigenvalue weighted by molar-refractivity contribution is 6.30. The van der Waals surface area contributed by atoms with E-state index >= 15 is 0 Å². The molecule has 0 N–H and O–H groups in total. The molecule has 2 bridgehead atoms. The molecule has 0 fully saturated rings. The lowest BCUT2D eigenvalue weighted by atomic mass is 9.79. The second-order valence-corrected chi connectivity index (χ2v) is 9.59. The predicted molar refractivity (Wildman–Crippen MR) is 126 cm³/mol. The molecular weight excluding hydrogens is 413 g/mol. The molecule has 4 heteroatoms. The van der Waals surface area contributed by atoms with E-state index in [1.807, 2.05) is 24.3 Å². The van der Waals surface area contributed by atoms with E-state index in [1.54, 1.807) is 0 Å². The van der Waals surface area contributed by atoms with Gasteiger partial charge in [-0.05, 0) is 54.2 Å². The van der Waals surface area contributed by atoms with Crippen molar-refractivity contribution in [2.75, 3.05) is 6.61 Å². The van der Waals surface area contributed by atoms with Crippen molar-refractivity contribution >= 4 is 23.2 Å². The van der Waals surface area contributed by atoms with Gasteiger partial charge in [0.1, 0.15) is 12.4 Å². The summed E-state index contributed by atoms with van der Waals surface area (Å²) in [5, 5.41) is 1.54. The molecule has 4 atom stereocenters. The largest absolute Gasteiger partial charge is 0.494 e. The van der Waals surface area contributed by atoms with E-state index < -0.39 is 0 Å². The summed E-state index contributed by atoms with van der Waals surface area (Å²) < 4.78 is 6.30. The van der Waals surface area contributed by atoms with Crippen molar-refractivity contribution in [1.82, 2.24) is 4.90 Å². The van der Waals surface area contributed by atoms with Gasteiger partial charge in [-0.2, -0.15) is 0 Å². The van der Waals surface area contributed by atoms with Crippen molar-refractivity contribution in [3.8, 4) is 0 Å². The van der Waals surface area contributed by atoms with Crippen molar-refractivity contribution < 1.29 is 4.74 Å². The van der Waals surface area contributed by atoms with Crippen molar-refractivity contribution in [2.24, 2.45) is 11.8 Å². The molecule has 0 aromatic heterocycles. The Labute approximate surface area is 190 Å². The topological polar surface area (TPSA) is 12.5 Å². The van der Waals surface area contributed by atoms with Crippen LogP contribution in [0, 0.1) is 11.8 Å². The van der Waals surface area contributed by atoms with Gasteiger partial charge >= 0.3 is 0 Å². The van der Waals surface area contributed by atoms with E-state index in [0.29, 0.717) is 24.5 Å². The normalized spacial score (nSPS) is 26.0. The number of allylic oxidation sites excluding steroid dienone is 2. The Bertz CT molecular complexity index is 921. The van der Waals surface area contributed by atoms with E-state index in [4.69, 9.17) is 27.9 Å². The third-order valence-electron chi connectivity index (χ3n) is 6.43. The van der Waals surface area contributed by atoms with Gasteiger partial charge in [-0.3, -0.25) is 0 Å². The number of halogens is 2. The van der Waals surface area contributed by atoms with Crippen molar-refractivity contribution in [1.29, 1.82) is 0 Å². The summed E-state index contributed by atoms with van der Waals surface area (Å²) >= 11 is 12.7. The fourth-order valence-corrected chi connectivity index (χ4v) is 5.21. The quantitative estimate of drug-likeness (QED) is 0.442. The molecule has 4 rings (SSSR count). The van der Waals surface area contributed by atoms with Crippen LogP contribution in [-0.4, -0.2) is 17.5 Å². The van der Waals surface area contributed by atoms with E-state index in [9.17, 15) is 0 Å². The summed E-state index contributed by atoms with van der Waals surface area (Å²) in [5.74, 6) is 2.12. The van der Waals surface area contributed by atoms with Crippen LogP contribution in [0.1, 0.15) is 49.8 Å². The molecule has 2 aliphatic heterocycles. The van der Waals surface area contributed by atoms with E-state index in [-0.39, 0.29) is 12.0 Å². The minimum absolute atomic E-state index is 0.182. The summed E-state index contributed by atoms with van der Waals surface area (Å²) in [4.78, 5) is 2.54. The minimum Gasteiger partial charge on any atom is -0.494 e. The Kier molecular flexibility index (Phi) is 6.46. The molecule has 2 aromatic rings. The maximum atomic E-state index is 6.42. The van der Waals surface area contributed by atoms with Crippen LogP contribution in [0.25, 0.3) is 0 Å². The number of rotatable bonds is 5. The summed E-state index contributed by atoms with van der Waals surface area (Å²) in [6.07, 6.45) is 6.15. The highest BCUT2D eigenvalue weighted by atomic mass is 35.5. The monoisotopic (exact) mass is 441 g/mol. The van der Waals surface area contributed by atoms with Crippen LogP contribution in [0.3, 0.4) is 0 Å². The zero-order chi connectivity index (χ0) is 21.3. The molecule has 2 nitrogen and oxygen atoms in total. The Morgan fingerprint density at radius 3 is 2.53 bits per heavy atom. The molecule has 2 heterocycles. The molecule has 30 heavy (non-hydrogen) atoms. The molecule has 0 saturated carbocycles. The minimum atomic E-state index is 0.182. The second kappa shape index (κ2) is 9.08. The maximum absolute atomic E-state index is 6.42. The van der Waals surface area contributed by atoms with E-state index in [0.717, 1.165) is 28.6 Å². The van der Waals surface area contributed by atoms with Gasteiger partial charge < -0.3 is 9.64 Å². The van der Waals surface area contributed by atoms with Crippen LogP contribution in [0.5, 0.6) is 0 Å². The summed E-state index contributed by atoms with van der Waals surface area (Å²) in [6, 6.07) is 17.1. The third-order valence-corrected chi connectivity index (χ3v) is 6.92. The zero-order valence-corrected chi connectivity index (χ0v) is 19.1. The first-order valence-corrected chi connectivity index (χ1v) is 11.5. The SMILES string of the molecule is C=CCC1C[C@H](c2cccc(Cl)c2)C(c2ccc(Cl)cc2)N2C=C1OCC2C(C)C. The summed E-state index contributed by atoms with van der Waals surface area (Å²) in [7, 11) is 0. The molecule has 0 aliphatic carbocycles. The second-order valence-electron chi connectivity index (χ2n) is 8.72. The first kappa shape index (κ1) is 21.3. The number of ether oxygens (including phenoxy) is 1. The van der Waals surface area contributed by atoms with Gasteiger partial charge in [0.05, 0.1) is 12.1 Å². The fourth-order valence-electron chi connectivity index (χ4n) is 4.89. The highest BCUT2D eigenvalue weighted by Gasteiger charge is 2.42. The predicted octanol–water partition coefficient (Wildman–Crippen LogP) is 7.61. The van der Waals surface area contributed by atoms with Crippen LogP contribution in [-0.2, 0) is 4.74 Å². The number of hydrogen-bond acceptors (Lipinski definition) is 2. The van der Waals surface area contributed by atoms with Crippen LogP contribution < -0.4 is 0 Å². The van der Waals surface area contributed by atoms with Gasteiger partial charge in [-0.1, -0.05) is 67.4 Å². The van der Waals surface area contributed by atoms with E-state index in [1.165, 1.54) is 11.1 Å². The number of fused-ring (bicyclic) bond motifs is 1. The number of nitrogens with zero attached hydrogens (tertiary/aromatic N) is 1. The Hall–Kier alpha value is -1.90. The smallest absolute Gasteiger partial charge is 0.115 e. The molecule has 0 radical (unpaired) electrons. The van der Waals surface area contributed by atoms with Crippen LogP contribution in [0.4, 0.5) is 0 Å². The summed E-state index contributed by atoms with van der Waals surface area (Å²) in [5.41, 5.74) is 2.53. The Balaban J connectivity index is 1.88. The van der Waals surface area contributed by atoms with Crippen LogP contribution in [0.2, 0.25) is 10.0 Å². The Morgan fingerprint density at radius 1 is 1.10 bits per heavy atom. The zero-order valence-electron chi connectivity index (χ0n) is 17.6. The first-order valence-electron chi connectivity index (χ1n) is 10.7. The average molecular weight is 442 g/mol. The van der Waals surface area contributed by atoms with Crippen molar-refractivity contribution in [3.63, 3.8) is 0 Å². The number of hydrogen-bond donors (Lipinski definition) is 0. The maximum Gasteiger partial charge on any atom is 0.115 e. The lowest BCUT2D eigenvalue weighted by Gasteiger charge is -2.44.